The zero-order valence-corrected chi connectivity index (χ0v) is 7.87. The van der Waals surface area contributed by atoms with E-state index >= 15 is 0 Å². The van der Waals surface area contributed by atoms with Crippen LogP contribution in [-0.2, 0) is 11.8 Å². The van der Waals surface area contributed by atoms with Gasteiger partial charge in [-0.2, -0.15) is 5.10 Å². The molecule has 1 saturated heterocycles. The molecule has 14 heavy (non-hydrogen) atoms. The Morgan fingerprint density at radius 1 is 1.50 bits per heavy atom. The van der Waals surface area contributed by atoms with Crippen LogP contribution in [0, 0.1) is 6.92 Å². The maximum Gasteiger partial charge on any atom is 0.322 e. The Kier molecular flexibility index (Phi) is 1.77. The number of nitrogens with zero attached hydrogens (tertiary/aromatic N) is 2. The number of rotatable bonds is 1. The van der Waals surface area contributed by atoms with Crippen LogP contribution < -0.4 is 10.6 Å². The SMILES string of the molecule is Cc1c([C@@H]2NC(=O)NC2=O)cnn1C. The third-order valence-corrected chi connectivity index (χ3v) is 2.36. The van der Waals surface area contributed by atoms with E-state index in [9.17, 15) is 9.59 Å². The van der Waals surface area contributed by atoms with Gasteiger partial charge in [0.2, 0.25) is 0 Å². The van der Waals surface area contributed by atoms with Crippen molar-refractivity contribution in [1.29, 1.82) is 0 Å². The van der Waals surface area contributed by atoms with Gasteiger partial charge in [0.15, 0.2) is 0 Å². The molecule has 1 atom stereocenters. The minimum absolute atomic E-state index is 0.328. The van der Waals surface area contributed by atoms with Gasteiger partial charge in [-0.25, -0.2) is 4.79 Å². The normalized spacial score (nSPS) is 20.9. The lowest BCUT2D eigenvalue weighted by atomic mass is 10.1. The van der Waals surface area contributed by atoms with Crippen LogP contribution in [0.15, 0.2) is 6.20 Å². The van der Waals surface area contributed by atoms with E-state index in [1.165, 1.54) is 0 Å². The number of aromatic nitrogens is 2. The molecule has 1 fully saturated rings. The second-order valence-electron chi connectivity index (χ2n) is 3.20. The summed E-state index contributed by atoms with van der Waals surface area (Å²) in [6.45, 7) is 1.85. The number of urea groups is 1. The number of aryl methyl sites for hydroxylation is 1. The average molecular weight is 194 g/mol. The van der Waals surface area contributed by atoms with Gasteiger partial charge in [-0.3, -0.25) is 14.8 Å². The topological polar surface area (TPSA) is 76.0 Å². The molecule has 0 saturated carbocycles. The van der Waals surface area contributed by atoms with Crippen LogP contribution in [0.1, 0.15) is 17.3 Å². The maximum atomic E-state index is 11.3. The Balaban J connectivity index is 2.36. The third kappa shape index (κ3) is 1.15. The van der Waals surface area contributed by atoms with Crippen molar-refractivity contribution in [2.24, 2.45) is 7.05 Å². The molecule has 2 rings (SSSR count). The summed E-state index contributed by atoms with van der Waals surface area (Å²) < 4.78 is 1.66. The lowest BCUT2D eigenvalue weighted by Gasteiger charge is -2.05. The van der Waals surface area contributed by atoms with Crippen LogP contribution >= 0.6 is 0 Å². The van der Waals surface area contributed by atoms with Crippen LogP contribution in [0.3, 0.4) is 0 Å². The fraction of sp³-hybridized carbons (Fsp3) is 0.375. The summed E-state index contributed by atoms with van der Waals surface area (Å²) in [5.74, 6) is -0.328. The highest BCUT2D eigenvalue weighted by atomic mass is 16.2. The first kappa shape index (κ1) is 8.74. The maximum absolute atomic E-state index is 11.3. The van der Waals surface area contributed by atoms with Gasteiger partial charge in [-0.15, -0.1) is 0 Å². The quantitative estimate of drug-likeness (QED) is 0.598. The van der Waals surface area contributed by atoms with Crippen molar-refractivity contribution in [3.63, 3.8) is 0 Å². The third-order valence-electron chi connectivity index (χ3n) is 2.36. The lowest BCUT2D eigenvalue weighted by Crippen LogP contribution is -2.22. The number of nitrogens with one attached hydrogen (secondary N) is 2. The van der Waals surface area contributed by atoms with Crippen molar-refractivity contribution in [1.82, 2.24) is 20.4 Å². The summed E-state index contributed by atoms with van der Waals surface area (Å²) >= 11 is 0. The van der Waals surface area contributed by atoms with Gasteiger partial charge >= 0.3 is 6.03 Å². The van der Waals surface area contributed by atoms with Crippen LogP contribution in [0.2, 0.25) is 0 Å². The standard InChI is InChI=1S/C8H10N4O2/c1-4-5(3-9-12(4)2)6-7(13)11-8(14)10-6/h3,6H,1-2H3,(H2,10,11,13,14)/t6-/m0/s1. The largest absolute Gasteiger partial charge is 0.322 e. The van der Waals surface area contributed by atoms with Crippen molar-refractivity contribution in [2.45, 2.75) is 13.0 Å². The predicted molar refractivity (Wildman–Crippen MR) is 47.4 cm³/mol. The van der Waals surface area contributed by atoms with Gasteiger partial charge in [0.1, 0.15) is 6.04 Å². The monoisotopic (exact) mass is 194 g/mol. The summed E-state index contributed by atoms with van der Waals surface area (Å²) in [6, 6.07) is -1.06. The van der Waals surface area contributed by atoms with Gasteiger partial charge in [0.25, 0.3) is 5.91 Å². The van der Waals surface area contributed by atoms with Crippen LogP contribution in [0.4, 0.5) is 4.79 Å². The average Bonchev–Trinajstić information content (AvgIpc) is 2.59. The van der Waals surface area contributed by atoms with Crippen LogP contribution in [0.25, 0.3) is 0 Å². The molecule has 1 aromatic heterocycles. The Hall–Kier alpha value is -1.85. The summed E-state index contributed by atoms with van der Waals surface area (Å²) in [5.41, 5.74) is 1.60. The number of carbonyl (C=O) groups is 2. The zero-order valence-electron chi connectivity index (χ0n) is 7.87. The van der Waals surface area contributed by atoms with Crippen molar-refractivity contribution in [2.75, 3.05) is 0 Å². The van der Waals surface area contributed by atoms with E-state index in [4.69, 9.17) is 0 Å². The molecule has 0 aliphatic carbocycles. The van der Waals surface area contributed by atoms with Crippen molar-refractivity contribution >= 4 is 11.9 Å². The molecular formula is C8H10N4O2. The number of carbonyl (C=O) groups excluding carboxylic acids is 2. The van der Waals surface area contributed by atoms with Crippen molar-refractivity contribution in [3.05, 3.63) is 17.5 Å². The molecule has 1 aromatic rings. The minimum Gasteiger partial charge on any atom is -0.322 e. The zero-order chi connectivity index (χ0) is 10.3. The van der Waals surface area contributed by atoms with Gasteiger partial charge < -0.3 is 5.32 Å². The van der Waals surface area contributed by atoms with Gasteiger partial charge in [-0.05, 0) is 6.92 Å². The van der Waals surface area contributed by atoms with E-state index in [-0.39, 0.29) is 5.91 Å². The number of imide groups is 1. The van der Waals surface area contributed by atoms with E-state index in [0.717, 1.165) is 11.3 Å². The van der Waals surface area contributed by atoms with E-state index in [2.05, 4.69) is 15.7 Å². The number of amides is 3. The Morgan fingerprint density at radius 2 is 2.21 bits per heavy atom. The first-order valence-corrected chi connectivity index (χ1v) is 4.19. The molecule has 2 N–H and O–H groups in total. The molecule has 0 radical (unpaired) electrons. The molecule has 74 valence electrons. The van der Waals surface area contributed by atoms with Gasteiger partial charge in [-0.1, -0.05) is 0 Å². The van der Waals surface area contributed by atoms with Crippen LogP contribution in [-0.4, -0.2) is 21.7 Å². The fourth-order valence-electron chi connectivity index (χ4n) is 1.43. The van der Waals surface area contributed by atoms with Crippen molar-refractivity contribution in [3.8, 4) is 0 Å². The predicted octanol–water partition coefficient (Wildman–Crippen LogP) is -0.391. The molecule has 2 heterocycles. The van der Waals surface area contributed by atoms with E-state index in [0.29, 0.717) is 0 Å². The smallest absolute Gasteiger partial charge is 0.322 e. The van der Waals surface area contributed by atoms with E-state index in [1.54, 1.807) is 17.9 Å². The molecule has 0 bridgehead atoms. The highest BCUT2D eigenvalue weighted by Gasteiger charge is 2.32. The highest BCUT2D eigenvalue weighted by molar-refractivity contribution is 6.04. The molecular weight excluding hydrogens is 184 g/mol. The summed E-state index contributed by atoms with van der Waals surface area (Å²) in [5, 5.41) is 8.70. The van der Waals surface area contributed by atoms with Crippen molar-refractivity contribution < 1.29 is 9.59 Å². The Bertz CT molecular complexity index is 409. The molecule has 1 aliphatic rings. The van der Waals surface area contributed by atoms with Crippen LogP contribution in [0.5, 0.6) is 0 Å². The molecule has 0 aromatic carbocycles. The first-order valence-electron chi connectivity index (χ1n) is 4.19. The minimum atomic E-state index is -0.601. The first-order chi connectivity index (χ1) is 6.59. The molecule has 3 amide bonds. The number of hydrogen-bond acceptors (Lipinski definition) is 3. The summed E-state index contributed by atoms with van der Waals surface area (Å²) in [4.78, 5) is 22.2. The van der Waals surface area contributed by atoms with Gasteiger partial charge in [0.05, 0.1) is 6.20 Å². The number of hydrogen-bond donors (Lipinski definition) is 2. The molecule has 0 spiro atoms. The second-order valence-corrected chi connectivity index (χ2v) is 3.20. The Labute approximate surface area is 80.3 Å². The molecule has 6 heteroatoms. The van der Waals surface area contributed by atoms with E-state index in [1.807, 2.05) is 6.92 Å². The molecule has 0 unspecified atom stereocenters. The fourth-order valence-corrected chi connectivity index (χ4v) is 1.43. The molecule has 6 nitrogen and oxygen atoms in total. The highest BCUT2D eigenvalue weighted by Crippen LogP contribution is 2.19. The second kappa shape index (κ2) is 2.83. The lowest BCUT2D eigenvalue weighted by molar-refractivity contribution is -0.120. The summed E-state index contributed by atoms with van der Waals surface area (Å²) in [7, 11) is 1.79. The Morgan fingerprint density at radius 3 is 2.64 bits per heavy atom. The summed E-state index contributed by atoms with van der Waals surface area (Å²) in [6.07, 6.45) is 1.59. The molecule has 1 aliphatic heterocycles. The van der Waals surface area contributed by atoms with E-state index < -0.39 is 12.1 Å². The van der Waals surface area contributed by atoms with Gasteiger partial charge in [0, 0.05) is 18.3 Å².